The predicted molar refractivity (Wildman–Crippen MR) is 108 cm³/mol. The van der Waals surface area contributed by atoms with E-state index < -0.39 is 11.7 Å². The van der Waals surface area contributed by atoms with E-state index in [1.54, 1.807) is 13.1 Å². The van der Waals surface area contributed by atoms with E-state index in [1.165, 1.54) is 4.90 Å². The standard InChI is InChI=1S/C22H27N3O3/c1-16(26)24-15-9-13-19(24)18-12-8-14-23-20(18)25(17-10-6-5-7-11-17)21(27)28-22(2,3)4/h5-8,10-12,14,19H,9,13,15H2,1-4H3. The third-order valence-electron chi connectivity index (χ3n) is 4.64. The normalized spacial score (nSPS) is 16.7. The molecule has 2 amide bonds. The summed E-state index contributed by atoms with van der Waals surface area (Å²) in [6.07, 6.45) is 2.93. The number of rotatable bonds is 3. The maximum Gasteiger partial charge on any atom is 0.420 e. The first-order chi connectivity index (χ1) is 13.3. The minimum absolute atomic E-state index is 0.0285. The zero-order chi connectivity index (χ0) is 20.3. The molecule has 1 atom stereocenters. The average Bonchev–Trinajstić information content (AvgIpc) is 3.12. The molecule has 1 saturated heterocycles. The second-order valence-electron chi connectivity index (χ2n) is 7.94. The number of ether oxygens (including phenoxy) is 1. The summed E-state index contributed by atoms with van der Waals surface area (Å²) in [7, 11) is 0. The number of carbonyl (C=O) groups is 2. The topological polar surface area (TPSA) is 62.7 Å². The molecular weight excluding hydrogens is 354 g/mol. The molecule has 1 aromatic heterocycles. The molecule has 3 rings (SSSR count). The first-order valence-electron chi connectivity index (χ1n) is 9.58. The molecule has 1 aliphatic rings. The van der Waals surface area contributed by atoms with E-state index >= 15 is 0 Å². The van der Waals surface area contributed by atoms with Gasteiger partial charge in [0, 0.05) is 25.2 Å². The van der Waals surface area contributed by atoms with E-state index in [9.17, 15) is 9.59 Å². The lowest BCUT2D eigenvalue weighted by Crippen LogP contribution is -2.36. The number of anilines is 2. The maximum absolute atomic E-state index is 13.1. The summed E-state index contributed by atoms with van der Waals surface area (Å²) in [6, 6.07) is 13.0. The van der Waals surface area contributed by atoms with Crippen molar-refractivity contribution in [1.82, 2.24) is 9.88 Å². The fourth-order valence-corrected chi connectivity index (χ4v) is 3.52. The van der Waals surface area contributed by atoms with Gasteiger partial charge in [0.15, 0.2) is 0 Å². The Bertz CT molecular complexity index is 846. The van der Waals surface area contributed by atoms with E-state index in [1.807, 2.05) is 68.1 Å². The minimum Gasteiger partial charge on any atom is -0.443 e. The van der Waals surface area contributed by atoms with Crippen LogP contribution in [-0.4, -0.2) is 34.0 Å². The molecule has 6 nitrogen and oxygen atoms in total. The maximum atomic E-state index is 13.1. The van der Waals surface area contributed by atoms with Crippen LogP contribution >= 0.6 is 0 Å². The molecule has 0 aliphatic carbocycles. The molecule has 1 fully saturated rings. The molecule has 28 heavy (non-hydrogen) atoms. The van der Waals surface area contributed by atoms with E-state index in [4.69, 9.17) is 4.74 Å². The van der Waals surface area contributed by atoms with Gasteiger partial charge < -0.3 is 9.64 Å². The summed E-state index contributed by atoms with van der Waals surface area (Å²) in [5.41, 5.74) is 0.881. The largest absolute Gasteiger partial charge is 0.443 e. The number of nitrogens with zero attached hydrogens (tertiary/aromatic N) is 3. The average molecular weight is 381 g/mol. The van der Waals surface area contributed by atoms with Gasteiger partial charge in [0.05, 0.1) is 11.7 Å². The van der Waals surface area contributed by atoms with Crippen molar-refractivity contribution in [2.24, 2.45) is 0 Å². The van der Waals surface area contributed by atoms with Crippen LogP contribution in [0.4, 0.5) is 16.3 Å². The molecule has 0 N–H and O–H groups in total. The van der Waals surface area contributed by atoms with Crippen molar-refractivity contribution >= 4 is 23.5 Å². The zero-order valence-electron chi connectivity index (χ0n) is 16.9. The fraction of sp³-hybridized carbons (Fsp3) is 0.409. The van der Waals surface area contributed by atoms with Crippen LogP contribution in [0.3, 0.4) is 0 Å². The number of pyridine rings is 1. The molecule has 0 bridgehead atoms. The third kappa shape index (κ3) is 4.32. The lowest BCUT2D eigenvalue weighted by Gasteiger charge is -2.31. The molecule has 0 radical (unpaired) electrons. The molecule has 0 saturated carbocycles. The Hall–Kier alpha value is -2.89. The van der Waals surface area contributed by atoms with Crippen molar-refractivity contribution < 1.29 is 14.3 Å². The molecule has 148 valence electrons. The summed E-state index contributed by atoms with van der Waals surface area (Å²) in [5, 5.41) is 0. The van der Waals surface area contributed by atoms with Gasteiger partial charge >= 0.3 is 6.09 Å². The Morgan fingerprint density at radius 1 is 1.14 bits per heavy atom. The minimum atomic E-state index is -0.641. The number of amides is 2. The second kappa shape index (κ2) is 8.00. The summed E-state index contributed by atoms with van der Waals surface area (Å²) >= 11 is 0. The first-order valence-corrected chi connectivity index (χ1v) is 9.58. The molecule has 1 aliphatic heterocycles. The Morgan fingerprint density at radius 2 is 1.86 bits per heavy atom. The first kappa shape index (κ1) is 19.9. The number of hydrogen-bond donors (Lipinski definition) is 0. The number of aromatic nitrogens is 1. The van der Waals surface area contributed by atoms with Gasteiger partial charge in [-0.1, -0.05) is 24.3 Å². The van der Waals surface area contributed by atoms with Crippen LogP contribution in [0.15, 0.2) is 48.7 Å². The van der Waals surface area contributed by atoms with E-state index in [0.717, 1.165) is 18.4 Å². The lowest BCUT2D eigenvalue weighted by molar-refractivity contribution is -0.129. The Labute approximate surface area is 166 Å². The highest BCUT2D eigenvalue weighted by Gasteiger charge is 2.34. The SMILES string of the molecule is CC(=O)N1CCCC1c1cccnc1N(C(=O)OC(C)(C)C)c1ccccc1. The number of likely N-dealkylation sites (tertiary alicyclic amines) is 1. The van der Waals surface area contributed by atoms with E-state index in [-0.39, 0.29) is 11.9 Å². The number of hydrogen-bond acceptors (Lipinski definition) is 4. The Kier molecular flexibility index (Phi) is 5.68. The van der Waals surface area contributed by atoms with Gasteiger partial charge in [-0.05, 0) is 51.8 Å². The number of carbonyl (C=O) groups excluding carboxylic acids is 2. The molecule has 1 unspecified atom stereocenters. The highest BCUT2D eigenvalue weighted by molar-refractivity contribution is 5.96. The van der Waals surface area contributed by atoms with Crippen LogP contribution in [-0.2, 0) is 9.53 Å². The number of para-hydroxylation sites is 1. The van der Waals surface area contributed by atoms with Crippen LogP contribution in [0.5, 0.6) is 0 Å². The smallest absolute Gasteiger partial charge is 0.420 e. The van der Waals surface area contributed by atoms with E-state index in [2.05, 4.69) is 4.98 Å². The van der Waals surface area contributed by atoms with Gasteiger partial charge in [0.2, 0.25) is 5.91 Å². The number of benzene rings is 1. The summed E-state index contributed by atoms with van der Waals surface area (Å²) in [5.74, 6) is 0.530. The zero-order valence-corrected chi connectivity index (χ0v) is 16.9. The molecule has 0 spiro atoms. The summed E-state index contributed by atoms with van der Waals surface area (Å²) < 4.78 is 5.67. The van der Waals surface area contributed by atoms with Gasteiger partial charge in [-0.15, -0.1) is 0 Å². The van der Waals surface area contributed by atoms with Gasteiger partial charge in [-0.25, -0.2) is 14.7 Å². The fourth-order valence-electron chi connectivity index (χ4n) is 3.52. The van der Waals surface area contributed by atoms with Crippen LogP contribution in [0, 0.1) is 0 Å². The molecular formula is C22H27N3O3. The van der Waals surface area contributed by atoms with Crippen molar-refractivity contribution in [1.29, 1.82) is 0 Å². The van der Waals surface area contributed by atoms with Crippen LogP contribution in [0.1, 0.15) is 52.1 Å². The van der Waals surface area contributed by atoms with Crippen molar-refractivity contribution in [3.05, 3.63) is 54.2 Å². The second-order valence-corrected chi connectivity index (χ2v) is 7.94. The highest BCUT2D eigenvalue weighted by atomic mass is 16.6. The van der Waals surface area contributed by atoms with E-state index in [0.29, 0.717) is 18.1 Å². The summed E-state index contributed by atoms with van der Waals surface area (Å²) in [4.78, 5) is 33.1. The monoisotopic (exact) mass is 381 g/mol. The van der Waals surface area contributed by atoms with Crippen LogP contribution < -0.4 is 4.90 Å². The van der Waals surface area contributed by atoms with Gasteiger partial charge in [-0.2, -0.15) is 0 Å². The Morgan fingerprint density at radius 3 is 2.50 bits per heavy atom. The molecule has 1 aromatic carbocycles. The van der Waals surface area contributed by atoms with Crippen LogP contribution in [0.2, 0.25) is 0 Å². The Balaban J connectivity index is 2.09. The van der Waals surface area contributed by atoms with Crippen LogP contribution in [0.25, 0.3) is 0 Å². The molecule has 6 heteroatoms. The highest BCUT2D eigenvalue weighted by Crippen LogP contribution is 2.38. The van der Waals surface area contributed by atoms with Crippen molar-refractivity contribution in [3.63, 3.8) is 0 Å². The predicted octanol–water partition coefficient (Wildman–Crippen LogP) is 4.84. The molecule has 2 heterocycles. The third-order valence-corrected chi connectivity index (χ3v) is 4.64. The van der Waals surface area contributed by atoms with Crippen molar-refractivity contribution in [2.45, 2.75) is 52.2 Å². The quantitative estimate of drug-likeness (QED) is 0.763. The van der Waals surface area contributed by atoms with Gasteiger partial charge in [-0.3, -0.25) is 4.79 Å². The van der Waals surface area contributed by atoms with Crippen molar-refractivity contribution in [3.8, 4) is 0 Å². The van der Waals surface area contributed by atoms with Crippen molar-refractivity contribution in [2.75, 3.05) is 11.4 Å². The van der Waals surface area contributed by atoms with Gasteiger partial charge in [0.1, 0.15) is 11.4 Å². The van der Waals surface area contributed by atoms with Gasteiger partial charge in [0.25, 0.3) is 0 Å². The molecule has 2 aromatic rings. The lowest BCUT2D eigenvalue weighted by atomic mass is 10.0. The summed E-state index contributed by atoms with van der Waals surface area (Å²) in [6.45, 7) is 7.80.